The summed E-state index contributed by atoms with van der Waals surface area (Å²) in [5, 5.41) is 8.72. The van der Waals surface area contributed by atoms with Gasteiger partial charge in [0.2, 0.25) is 10.0 Å². The first-order chi connectivity index (χ1) is 6.83. The Morgan fingerprint density at radius 3 is 2.07 bits per heavy atom. The van der Waals surface area contributed by atoms with Crippen LogP contribution in [0.4, 0.5) is 5.69 Å². The molecule has 0 saturated carbocycles. The second-order valence-corrected chi connectivity index (χ2v) is 5.22. The summed E-state index contributed by atoms with van der Waals surface area (Å²) in [7, 11) is -3.27. The highest BCUT2D eigenvalue weighted by Crippen LogP contribution is 2.22. The first-order valence-electron chi connectivity index (χ1n) is 4.32. The molecule has 80 valence electrons. The summed E-state index contributed by atoms with van der Waals surface area (Å²) in [5.41, 5.74) is 2.58. The Morgan fingerprint density at radius 2 is 1.73 bits per heavy atom. The van der Waals surface area contributed by atoms with Gasteiger partial charge < -0.3 is 0 Å². The monoisotopic (exact) mass is 224 g/mol. The van der Waals surface area contributed by atoms with Gasteiger partial charge in [0.15, 0.2) is 0 Å². The van der Waals surface area contributed by atoms with E-state index in [1.54, 1.807) is 26.0 Å². The smallest absolute Gasteiger partial charge is 0.229 e. The highest BCUT2D eigenvalue weighted by molar-refractivity contribution is 7.92. The Bertz CT molecular complexity index is 504. The molecule has 0 aromatic heterocycles. The fraction of sp³-hybridized carbons (Fsp3) is 0.300. The third-order valence-corrected chi connectivity index (χ3v) is 2.52. The zero-order valence-corrected chi connectivity index (χ0v) is 9.64. The van der Waals surface area contributed by atoms with Crippen LogP contribution in [0.1, 0.15) is 16.7 Å². The number of nitriles is 1. The van der Waals surface area contributed by atoms with Crippen LogP contribution in [0, 0.1) is 25.2 Å². The van der Waals surface area contributed by atoms with E-state index in [4.69, 9.17) is 5.26 Å². The van der Waals surface area contributed by atoms with E-state index in [0.29, 0.717) is 11.3 Å². The molecule has 15 heavy (non-hydrogen) atoms. The van der Waals surface area contributed by atoms with Gasteiger partial charge in [-0.05, 0) is 37.1 Å². The average molecular weight is 224 g/mol. The molecule has 0 aliphatic carbocycles. The molecule has 0 fully saturated rings. The van der Waals surface area contributed by atoms with E-state index in [0.717, 1.165) is 17.4 Å². The second kappa shape index (κ2) is 3.91. The summed E-state index contributed by atoms with van der Waals surface area (Å²) in [4.78, 5) is 0. The lowest BCUT2D eigenvalue weighted by Gasteiger charge is -2.11. The maximum Gasteiger partial charge on any atom is 0.229 e. The average Bonchev–Trinajstić information content (AvgIpc) is 2.09. The van der Waals surface area contributed by atoms with Crippen molar-refractivity contribution in [3.8, 4) is 6.07 Å². The van der Waals surface area contributed by atoms with Gasteiger partial charge in [0, 0.05) is 0 Å². The summed E-state index contributed by atoms with van der Waals surface area (Å²) in [5.74, 6) is 0. The molecule has 0 aliphatic rings. The highest BCUT2D eigenvalue weighted by atomic mass is 32.2. The van der Waals surface area contributed by atoms with E-state index < -0.39 is 10.0 Å². The number of anilines is 1. The van der Waals surface area contributed by atoms with E-state index in [2.05, 4.69) is 4.72 Å². The zero-order chi connectivity index (χ0) is 11.6. The number of nitrogens with one attached hydrogen (secondary N) is 1. The minimum absolute atomic E-state index is 0.532. The Hall–Kier alpha value is -1.54. The van der Waals surface area contributed by atoms with Gasteiger partial charge in [-0.2, -0.15) is 5.26 Å². The highest BCUT2D eigenvalue weighted by Gasteiger charge is 2.09. The number of hydrogen-bond donors (Lipinski definition) is 1. The molecule has 0 atom stereocenters. The molecular weight excluding hydrogens is 212 g/mol. The summed E-state index contributed by atoms with van der Waals surface area (Å²) < 4.78 is 24.6. The molecule has 0 radical (unpaired) electrons. The van der Waals surface area contributed by atoms with Crippen molar-refractivity contribution in [1.82, 2.24) is 0 Å². The molecule has 1 aromatic carbocycles. The van der Waals surface area contributed by atoms with Gasteiger partial charge in [-0.1, -0.05) is 0 Å². The lowest BCUT2D eigenvalue weighted by Crippen LogP contribution is -2.11. The van der Waals surface area contributed by atoms with E-state index in [9.17, 15) is 8.42 Å². The normalized spacial score (nSPS) is 10.8. The van der Waals surface area contributed by atoms with Crippen LogP contribution in [0.3, 0.4) is 0 Å². The lowest BCUT2D eigenvalue weighted by atomic mass is 10.1. The van der Waals surface area contributed by atoms with Crippen LogP contribution in [0.25, 0.3) is 0 Å². The van der Waals surface area contributed by atoms with E-state index >= 15 is 0 Å². The first kappa shape index (κ1) is 11.5. The molecule has 0 spiro atoms. The first-order valence-corrected chi connectivity index (χ1v) is 6.22. The number of benzene rings is 1. The van der Waals surface area contributed by atoms with Gasteiger partial charge in [0.05, 0.1) is 23.6 Å². The quantitative estimate of drug-likeness (QED) is 0.828. The molecule has 0 amide bonds. The summed E-state index contributed by atoms with van der Waals surface area (Å²) in [6.45, 7) is 3.53. The van der Waals surface area contributed by atoms with Crippen LogP contribution >= 0.6 is 0 Å². The molecule has 0 saturated heterocycles. The van der Waals surface area contributed by atoms with Crippen LogP contribution < -0.4 is 4.72 Å². The number of sulfonamides is 1. The van der Waals surface area contributed by atoms with Crippen molar-refractivity contribution in [3.05, 3.63) is 28.8 Å². The number of aryl methyl sites for hydroxylation is 2. The molecule has 1 N–H and O–H groups in total. The molecule has 4 nitrogen and oxygen atoms in total. The van der Waals surface area contributed by atoms with E-state index in [1.165, 1.54) is 0 Å². The molecule has 1 aromatic rings. The number of nitrogens with zero attached hydrogens (tertiary/aromatic N) is 1. The maximum absolute atomic E-state index is 11.1. The Kier molecular flexibility index (Phi) is 3.01. The van der Waals surface area contributed by atoms with Crippen LogP contribution in [0.15, 0.2) is 12.1 Å². The fourth-order valence-corrected chi connectivity index (χ4v) is 2.07. The molecule has 1 rings (SSSR count). The van der Waals surface area contributed by atoms with Gasteiger partial charge in [-0.15, -0.1) is 0 Å². The maximum atomic E-state index is 11.1. The predicted molar refractivity (Wildman–Crippen MR) is 59.1 cm³/mol. The van der Waals surface area contributed by atoms with E-state index in [-0.39, 0.29) is 0 Å². The molecular formula is C10H12N2O2S. The summed E-state index contributed by atoms with van der Waals surface area (Å²) >= 11 is 0. The van der Waals surface area contributed by atoms with Gasteiger partial charge in [-0.25, -0.2) is 8.42 Å². The van der Waals surface area contributed by atoms with E-state index in [1.807, 2.05) is 6.07 Å². The summed E-state index contributed by atoms with van der Waals surface area (Å²) in [6, 6.07) is 5.33. The lowest BCUT2D eigenvalue weighted by molar-refractivity contribution is 0.606. The van der Waals surface area contributed by atoms with Crippen LogP contribution in [0.2, 0.25) is 0 Å². The van der Waals surface area contributed by atoms with Crippen LogP contribution in [-0.2, 0) is 10.0 Å². The molecule has 0 aliphatic heterocycles. The van der Waals surface area contributed by atoms with Crippen molar-refractivity contribution >= 4 is 15.7 Å². The zero-order valence-electron chi connectivity index (χ0n) is 8.83. The van der Waals surface area contributed by atoms with Crippen LogP contribution in [0.5, 0.6) is 0 Å². The second-order valence-electron chi connectivity index (χ2n) is 3.47. The van der Waals surface area contributed by atoms with Crippen molar-refractivity contribution in [1.29, 1.82) is 5.26 Å². The third kappa shape index (κ3) is 2.96. The van der Waals surface area contributed by atoms with Crippen molar-refractivity contribution in [2.45, 2.75) is 13.8 Å². The largest absolute Gasteiger partial charge is 0.283 e. The third-order valence-electron chi connectivity index (χ3n) is 1.95. The van der Waals surface area contributed by atoms with Crippen molar-refractivity contribution in [2.24, 2.45) is 0 Å². The molecule has 0 bridgehead atoms. The number of hydrogen-bond acceptors (Lipinski definition) is 3. The van der Waals surface area contributed by atoms with Crippen LogP contribution in [-0.4, -0.2) is 14.7 Å². The van der Waals surface area contributed by atoms with Gasteiger partial charge in [0.25, 0.3) is 0 Å². The Balaban J connectivity index is 3.28. The van der Waals surface area contributed by atoms with Crippen molar-refractivity contribution in [2.75, 3.05) is 11.0 Å². The van der Waals surface area contributed by atoms with Gasteiger partial charge in [-0.3, -0.25) is 4.72 Å². The fourth-order valence-electron chi connectivity index (χ4n) is 1.37. The van der Waals surface area contributed by atoms with Crippen molar-refractivity contribution in [3.63, 3.8) is 0 Å². The minimum Gasteiger partial charge on any atom is -0.283 e. The topological polar surface area (TPSA) is 70.0 Å². The van der Waals surface area contributed by atoms with Gasteiger partial charge >= 0.3 is 0 Å². The van der Waals surface area contributed by atoms with Gasteiger partial charge in [0.1, 0.15) is 0 Å². The summed E-state index contributed by atoms with van der Waals surface area (Å²) in [6.07, 6.45) is 1.10. The number of rotatable bonds is 2. The Labute approximate surface area is 89.6 Å². The molecule has 5 heteroatoms. The Morgan fingerprint density at radius 1 is 1.27 bits per heavy atom. The van der Waals surface area contributed by atoms with Crippen molar-refractivity contribution < 1.29 is 8.42 Å². The standard InChI is InChI=1S/C10H12N2O2S/c1-7-4-9(6-11)5-8(2)10(7)12-15(3,13)14/h4-5,12H,1-3H3. The minimum atomic E-state index is -3.27. The molecule has 0 unspecified atom stereocenters. The SMILES string of the molecule is Cc1cc(C#N)cc(C)c1NS(C)(=O)=O. The predicted octanol–water partition coefficient (Wildman–Crippen LogP) is 1.55. The molecule has 0 heterocycles.